The number of esters is 1. The van der Waals surface area contributed by atoms with Gasteiger partial charge in [-0.15, -0.1) is 0 Å². The molecule has 0 radical (unpaired) electrons. The third kappa shape index (κ3) is 4.72. The third-order valence-corrected chi connectivity index (χ3v) is 3.29. The molecule has 5 nitrogen and oxygen atoms in total. The van der Waals surface area contributed by atoms with E-state index in [1.807, 2.05) is 13.8 Å². The van der Waals surface area contributed by atoms with E-state index >= 15 is 0 Å². The van der Waals surface area contributed by atoms with Gasteiger partial charge in [-0.1, -0.05) is 0 Å². The number of hydrogen-bond acceptors (Lipinski definition) is 5. The molecule has 114 valence electrons. The van der Waals surface area contributed by atoms with E-state index in [4.69, 9.17) is 14.2 Å². The molecule has 1 aliphatic rings. The smallest absolute Gasteiger partial charge is 0.309 e. The Kier molecular flexibility index (Phi) is 6.88. The van der Waals surface area contributed by atoms with Crippen LogP contribution in [0.3, 0.4) is 0 Å². The molecular weight excluding hydrogens is 260 g/mol. The van der Waals surface area contributed by atoms with Gasteiger partial charge in [-0.05, 0) is 38.3 Å². The standard InChI is InChI=1S/C15H24O5/c1-5-19-15(17)8-11-6-13(18-4)14(20-10(2)3)7-12(11)9-16/h9-10,13-14H,5-8H2,1-4H3. The summed E-state index contributed by atoms with van der Waals surface area (Å²) in [4.78, 5) is 22.8. The molecule has 2 unspecified atom stereocenters. The molecule has 1 aliphatic carbocycles. The Morgan fingerprint density at radius 1 is 1.35 bits per heavy atom. The highest BCUT2D eigenvalue weighted by Gasteiger charge is 2.32. The number of carbonyl (C=O) groups excluding carboxylic acids is 2. The predicted octanol–water partition coefficient (Wildman–Crippen LogP) is 2.04. The summed E-state index contributed by atoms with van der Waals surface area (Å²) in [5.41, 5.74) is 1.44. The van der Waals surface area contributed by atoms with Crippen LogP contribution >= 0.6 is 0 Å². The van der Waals surface area contributed by atoms with Gasteiger partial charge in [0.25, 0.3) is 0 Å². The molecule has 0 aliphatic heterocycles. The molecule has 0 aromatic heterocycles. The largest absolute Gasteiger partial charge is 0.466 e. The van der Waals surface area contributed by atoms with E-state index in [9.17, 15) is 9.59 Å². The Labute approximate surface area is 120 Å². The Morgan fingerprint density at radius 2 is 2.05 bits per heavy atom. The fourth-order valence-electron chi connectivity index (χ4n) is 2.42. The van der Waals surface area contributed by atoms with Crippen LogP contribution in [0.25, 0.3) is 0 Å². The summed E-state index contributed by atoms with van der Waals surface area (Å²) in [5.74, 6) is -0.306. The lowest BCUT2D eigenvalue weighted by Gasteiger charge is -2.33. The Morgan fingerprint density at radius 3 is 2.55 bits per heavy atom. The Hall–Kier alpha value is -1.20. The van der Waals surface area contributed by atoms with E-state index < -0.39 is 0 Å². The number of methoxy groups -OCH3 is 1. The number of carbonyl (C=O) groups is 2. The molecule has 0 N–H and O–H groups in total. The maximum absolute atomic E-state index is 11.6. The predicted molar refractivity (Wildman–Crippen MR) is 74.4 cm³/mol. The number of aldehydes is 1. The van der Waals surface area contributed by atoms with Gasteiger partial charge in [-0.3, -0.25) is 9.59 Å². The highest BCUT2D eigenvalue weighted by atomic mass is 16.5. The van der Waals surface area contributed by atoms with Crippen LogP contribution in [0, 0.1) is 0 Å². The van der Waals surface area contributed by atoms with E-state index in [1.165, 1.54) is 0 Å². The van der Waals surface area contributed by atoms with Crippen LogP contribution in [0.2, 0.25) is 0 Å². The van der Waals surface area contributed by atoms with Crippen molar-refractivity contribution >= 4 is 12.3 Å². The van der Waals surface area contributed by atoms with E-state index in [2.05, 4.69) is 0 Å². The van der Waals surface area contributed by atoms with Crippen molar-refractivity contribution in [2.45, 2.75) is 58.3 Å². The molecule has 5 heteroatoms. The van der Waals surface area contributed by atoms with Gasteiger partial charge in [-0.2, -0.15) is 0 Å². The summed E-state index contributed by atoms with van der Waals surface area (Å²) >= 11 is 0. The summed E-state index contributed by atoms with van der Waals surface area (Å²) in [7, 11) is 1.62. The number of ether oxygens (including phenoxy) is 3. The van der Waals surface area contributed by atoms with E-state index in [0.29, 0.717) is 25.0 Å². The molecule has 0 amide bonds. The van der Waals surface area contributed by atoms with Crippen LogP contribution in [0.15, 0.2) is 11.1 Å². The molecule has 20 heavy (non-hydrogen) atoms. The molecule has 0 spiro atoms. The van der Waals surface area contributed by atoms with Crippen molar-refractivity contribution in [3.63, 3.8) is 0 Å². The second-order valence-electron chi connectivity index (χ2n) is 5.13. The monoisotopic (exact) mass is 284 g/mol. The summed E-state index contributed by atoms with van der Waals surface area (Å²) < 4.78 is 16.2. The van der Waals surface area contributed by atoms with Crippen molar-refractivity contribution in [1.82, 2.24) is 0 Å². The van der Waals surface area contributed by atoms with Gasteiger partial charge in [0, 0.05) is 13.5 Å². The van der Waals surface area contributed by atoms with Gasteiger partial charge < -0.3 is 14.2 Å². The summed E-state index contributed by atoms with van der Waals surface area (Å²) in [6.07, 6.45) is 1.76. The highest BCUT2D eigenvalue weighted by molar-refractivity contribution is 5.80. The topological polar surface area (TPSA) is 61.8 Å². The molecule has 0 aromatic carbocycles. The van der Waals surface area contributed by atoms with Crippen LogP contribution in [-0.4, -0.2) is 44.3 Å². The maximum atomic E-state index is 11.6. The number of hydrogen-bond donors (Lipinski definition) is 0. The van der Waals surface area contributed by atoms with Crippen molar-refractivity contribution in [2.24, 2.45) is 0 Å². The molecule has 0 bridgehead atoms. The molecular formula is C15H24O5. The molecule has 1 rings (SSSR count). The van der Waals surface area contributed by atoms with Gasteiger partial charge >= 0.3 is 5.97 Å². The minimum atomic E-state index is -0.306. The van der Waals surface area contributed by atoms with Crippen LogP contribution in [-0.2, 0) is 23.8 Å². The van der Waals surface area contributed by atoms with Crippen molar-refractivity contribution in [3.05, 3.63) is 11.1 Å². The van der Waals surface area contributed by atoms with Crippen molar-refractivity contribution in [2.75, 3.05) is 13.7 Å². The molecule has 0 aromatic rings. The highest BCUT2D eigenvalue weighted by Crippen LogP contribution is 2.30. The maximum Gasteiger partial charge on any atom is 0.309 e. The van der Waals surface area contributed by atoms with Crippen LogP contribution in [0.4, 0.5) is 0 Å². The normalized spacial score (nSPS) is 23.1. The second-order valence-corrected chi connectivity index (χ2v) is 5.13. The molecule has 0 heterocycles. The minimum absolute atomic E-state index is 0.0668. The molecule has 0 saturated carbocycles. The first-order valence-electron chi connectivity index (χ1n) is 7.01. The Balaban J connectivity index is 2.83. The number of rotatable bonds is 7. The summed E-state index contributed by atoms with van der Waals surface area (Å²) in [6.45, 7) is 6.00. The van der Waals surface area contributed by atoms with Gasteiger partial charge in [0.1, 0.15) is 6.29 Å². The van der Waals surface area contributed by atoms with E-state index in [0.717, 1.165) is 11.9 Å². The first-order chi connectivity index (χ1) is 9.51. The lowest BCUT2D eigenvalue weighted by atomic mass is 9.86. The zero-order valence-electron chi connectivity index (χ0n) is 12.7. The van der Waals surface area contributed by atoms with Gasteiger partial charge in [0.05, 0.1) is 31.3 Å². The molecule has 2 atom stereocenters. The second kappa shape index (κ2) is 8.17. The van der Waals surface area contributed by atoms with Crippen molar-refractivity contribution in [1.29, 1.82) is 0 Å². The fraction of sp³-hybridized carbons (Fsp3) is 0.733. The molecule has 0 fully saturated rings. The van der Waals surface area contributed by atoms with Crippen LogP contribution in [0.5, 0.6) is 0 Å². The van der Waals surface area contributed by atoms with Crippen LogP contribution < -0.4 is 0 Å². The van der Waals surface area contributed by atoms with Gasteiger partial charge in [0.15, 0.2) is 0 Å². The minimum Gasteiger partial charge on any atom is -0.466 e. The quantitative estimate of drug-likeness (QED) is 0.529. The summed E-state index contributed by atoms with van der Waals surface area (Å²) in [6, 6.07) is 0. The zero-order chi connectivity index (χ0) is 15.1. The average Bonchev–Trinajstić information content (AvgIpc) is 2.39. The first-order valence-corrected chi connectivity index (χ1v) is 7.01. The van der Waals surface area contributed by atoms with Gasteiger partial charge in [0.2, 0.25) is 0 Å². The first kappa shape index (κ1) is 16.9. The SMILES string of the molecule is CCOC(=O)CC1=C(C=O)CC(OC(C)C)C(OC)C1. The van der Waals surface area contributed by atoms with Crippen molar-refractivity contribution < 1.29 is 23.8 Å². The fourth-order valence-corrected chi connectivity index (χ4v) is 2.42. The zero-order valence-corrected chi connectivity index (χ0v) is 12.7. The lowest BCUT2D eigenvalue weighted by Crippen LogP contribution is -2.37. The third-order valence-electron chi connectivity index (χ3n) is 3.29. The lowest BCUT2D eigenvalue weighted by molar-refractivity contribution is -0.142. The van der Waals surface area contributed by atoms with Gasteiger partial charge in [-0.25, -0.2) is 0 Å². The summed E-state index contributed by atoms with van der Waals surface area (Å²) in [5, 5.41) is 0. The molecule has 0 saturated heterocycles. The van der Waals surface area contributed by atoms with E-state index in [1.54, 1.807) is 14.0 Å². The average molecular weight is 284 g/mol. The van der Waals surface area contributed by atoms with Crippen LogP contribution in [0.1, 0.15) is 40.0 Å². The Bertz CT molecular complexity index is 372. The van der Waals surface area contributed by atoms with Crippen molar-refractivity contribution in [3.8, 4) is 0 Å². The van der Waals surface area contributed by atoms with E-state index in [-0.39, 0.29) is 30.7 Å².